The first-order chi connectivity index (χ1) is 17.9. The van der Waals surface area contributed by atoms with Gasteiger partial charge < -0.3 is 23.9 Å². The summed E-state index contributed by atoms with van der Waals surface area (Å²) >= 11 is 0. The van der Waals surface area contributed by atoms with E-state index in [0.717, 1.165) is 0 Å². The van der Waals surface area contributed by atoms with Crippen molar-refractivity contribution < 1.29 is 89.6 Å². The van der Waals surface area contributed by atoms with Gasteiger partial charge in [0.2, 0.25) is 0 Å². The van der Waals surface area contributed by atoms with Gasteiger partial charge in [-0.05, 0) is 42.0 Å². The molecule has 0 aromatic heterocycles. The molecule has 38 heavy (non-hydrogen) atoms. The molecule has 10 heteroatoms. The fourth-order valence-corrected chi connectivity index (χ4v) is 2.84. The summed E-state index contributed by atoms with van der Waals surface area (Å²) in [6.45, 7) is 0. The summed E-state index contributed by atoms with van der Waals surface area (Å²) < 4.78 is 15.3. The number of aromatic carboxylic acids is 1. The van der Waals surface area contributed by atoms with E-state index in [1.807, 2.05) is 0 Å². The van der Waals surface area contributed by atoms with Crippen LogP contribution < -0.4 is 56.5 Å². The Morgan fingerprint density at radius 1 is 0.447 bits per heavy atom. The van der Waals surface area contributed by atoms with Gasteiger partial charge in [0.15, 0.2) is 0 Å². The Hall–Kier alpha value is -3.54. The minimum atomic E-state index is -1.84. The van der Waals surface area contributed by atoms with E-state index in [-0.39, 0.29) is 73.6 Å². The quantitative estimate of drug-likeness (QED) is 0.317. The smallest absolute Gasteiger partial charge is 0.545 e. The monoisotopic (exact) mass is 534 g/mol. The molecule has 4 aromatic carbocycles. The molecule has 0 radical (unpaired) electrons. The molecule has 8 nitrogen and oxygen atoms in total. The number of rotatable bonds is 7. The zero-order valence-electron chi connectivity index (χ0n) is 20.4. The molecule has 0 fully saturated rings. The van der Waals surface area contributed by atoms with Gasteiger partial charge in [-0.15, -0.1) is 0 Å². The van der Waals surface area contributed by atoms with Gasteiger partial charge in [0.05, 0.1) is 22.7 Å². The second-order valence-corrected chi connectivity index (χ2v) is 7.26. The van der Waals surface area contributed by atoms with Crippen molar-refractivity contribution in [1.82, 2.24) is 0 Å². The van der Waals surface area contributed by atoms with Crippen molar-refractivity contribution in [2.75, 3.05) is 0 Å². The third-order valence-electron chi connectivity index (χ3n) is 4.65. The summed E-state index contributed by atoms with van der Waals surface area (Å²) in [4.78, 5) is 46.9. The van der Waals surface area contributed by atoms with Gasteiger partial charge in [-0.25, -0.2) is 14.4 Å². The zero-order valence-corrected chi connectivity index (χ0v) is 23.5. The van der Waals surface area contributed by atoms with E-state index in [9.17, 15) is 24.3 Å². The minimum absolute atomic E-state index is 0. The fraction of sp³-hybridized carbons (Fsp3) is 0. The Kier molecular flexibility index (Phi) is 13.2. The molecule has 0 aliphatic rings. The van der Waals surface area contributed by atoms with Gasteiger partial charge in [0.25, 0.3) is 0 Å². The summed E-state index contributed by atoms with van der Waals surface area (Å²) in [6.07, 6.45) is 0. The summed E-state index contributed by atoms with van der Waals surface area (Å²) in [5, 5.41) is 10.1. The number of benzene rings is 4. The van der Waals surface area contributed by atoms with Crippen molar-refractivity contribution in [2.24, 2.45) is 0 Å². The van der Waals surface area contributed by atoms with Crippen LogP contribution in [0.25, 0.3) is 0 Å². The topological polar surface area (TPSA) is 119 Å². The molecule has 0 saturated carbocycles. The van der Waals surface area contributed by atoms with Crippen molar-refractivity contribution in [3.05, 3.63) is 144 Å². The normalized spacial score (nSPS) is 9.37. The van der Waals surface area contributed by atoms with Crippen LogP contribution in [0.5, 0.6) is 0 Å². The van der Waals surface area contributed by atoms with E-state index in [4.69, 9.17) is 14.0 Å². The molecule has 0 amide bonds. The Morgan fingerprint density at radius 3 is 0.895 bits per heavy atom. The molecule has 0 bridgehead atoms. The van der Waals surface area contributed by atoms with E-state index < -0.39 is 31.2 Å². The first kappa shape index (κ1) is 30.7. The Morgan fingerprint density at radius 2 is 0.684 bits per heavy atom. The number of carboxylic acid groups (broad SMARTS) is 1. The number of hydrogen-bond donors (Lipinski definition) is 0. The molecule has 4 aromatic rings. The molecule has 0 heterocycles. The van der Waals surface area contributed by atoms with Crippen LogP contribution >= 0.6 is 0 Å². The number of carbonyl (C=O) groups is 4. The van der Waals surface area contributed by atoms with Gasteiger partial charge in [-0.1, -0.05) is 84.9 Å². The number of carboxylic acids is 1. The predicted octanol–water partition coefficient (Wildman–Crippen LogP) is 0.596. The molecule has 0 saturated heterocycles. The van der Waals surface area contributed by atoms with E-state index in [2.05, 4.69) is 0 Å². The second-order valence-electron chi connectivity index (χ2n) is 7.26. The standard InChI is InChI=1S/C21H15BO6.C7H6O2.K/c23-19(16-10-4-1-5-11-16)26-22(27-20(24)17-12-6-2-7-13-17)28-21(25)18-14-8-3-9-15-18;8-7(9)6-4-2-1-3-5-6;/h1-15H;1-5H,(H,8,9);/q;;+1/p-1. The van der Waals surface area contributed by atoms with Crippen molar-refractivity contribution in [2.45, 2.75) is 0 Å². The van der Waals surface area contributed by atoms with Crippen LogP contribution in [0.1, 0.15) is 41.4 Å². The fourth-order valence-electron chi connectivity index (χ4n) is 2.84. The van der Waals surface area contributed by atoms with Gasteiger partial charge in [-0.2, -0.15) is 0 Å². The molecule has 4 rings (SSSR count). The van der Waals surface area contributed by atoms with Crippen LogP contribution in [0.4, 0.5) is 0 Å². The first-order valence-corrected chi connectivity index (χ1v) is 11.0. The van der Waals surface area contributed by atoms with Gasteiger partial charge in [0.1, 0.15) is 0 Å². The van der Waals surface area contributed by atoms with Gasteiger partial charge in [-0.3, -0.25) is 0 Å². The summed E-state index contributed by atoms with van der Waals surface area (Å²) in [5.74, 6) is -3.53. The van der Waals surface area contributed by atoms with Crippen molar-refractivity contribution in [3.63, 3.8) is 0 Å². The average molecular weight is 534 g/mol. The Bertz CT molecular complexity index is 1190. The van der Waals surface area contributed by atoms with Gasteiger partial charge in [0, 0.05) is 0 Å². The first-order valence-electron chi connectivity index (χ1n) is 11.0. The third-order valence-corrected chi connectivity index (χ3v) is 4.65. The van der Waals surface area contributed by atoms with Crippen molar-refractivity contribution in [3.8, 4) is 0 Å². The third kappa shape index (κ3) is 10.1. The molecule has 0 atom stereocenters. The van der Waals surface area contributed by atoms with Crippen LogP contribution in [0.2, 0.25) is 0 Å². The zero-order chi connectivity index (χ0) is 26.5. The maximum atomic E-state index is 12.3. The minimum Gasteiger partial charge on any atom is -0.545 e. The van der Waals surface area contributed by atoms with E-state index >= 15 is 0 Å². The summed E-state index contributed by atoms with van der Waals surface area (Å²) in [5.41, 5.74) is 0.884. The average Bonchev–Trinajstić information content (AvgIpc) is 2.95. The van der Waals surface area contributed by atoms with Crippen LogP contribution in [0, 0.1) is 0 Å². The molecule has 0 aliphatic carbocycles. The van der Waals surface area contributed by atoms with Crippen LogP contribution in [-0.2, 0) is 14.0 Å². The summed E-state index contributed by atoms with van der Waals surface area (Å²) in [6, 6.07) is 32.3. The molecule has 0 aliphatic heterocycles. The largest absolute Gasteiger partial charge is 1.00 e. The maximum Gasteiger partial charge on any atom is 1.00 e. The number of carbonyl (C=O) groups excluding carboxylic acids is 4. The van der Waals surface area contributed by atoms with E-state index in [0.29, 0.717) is 0 Å². The molecule has 184 valence electrons. The van der Waals surface area contributed by atoms with Gasteiger partial charge >= 0.3 is 76.6 Å². The SMILES string of the molecule is O=C(OB(OC(=O)c1ccccc1)OC(=O)c1ccccc1)c1ccccc1.O=C([O-])c1ccccc1.[K+]. The molecule has 0 N–H and O–H groups in total. The maximum absolute atomic E-state index is 12.3. The van der Waals surface area contributed by atoms with E-state index in [1.54, 1.807) is 72.8 Å². The van der Waals surface area contributed by atoms with E-state index in [1.165, 1.54) is 48.5 Å². The van der Waals surface area contributed by atoms with Crippen LogP contribution in [0.3, 0.4) is 0 Å². The van der Waals surface area contributed by atoms with Crippen LogP contribution in [0.15, 0.2) is 121 Å². The number of hydrogen-bond acceptors (Lipinski definition) is 8. The van der Waals surface area contributed by atoms with Crippen molar-refractivity contribution >= 4 is 31.2 Å². The molecule has 0 spiro atoms. The Balaban J connectivity index is 0.000000430. The van der Waals surface area contributed by atoms with Crippen LogP contribution in [-0.4, -0.2) is 31.2 Å². The Labute approximate surface area is 262 Å². The summed E-state index contributed by atoms with van der Waals surface area (Å²) in [7, 11) is -1.84. The molecule has 0 unspecified atom stereocenters. The predicted molar refractivity (Wildman–Crippen MR) is 132 cm³/mol. The molecular formula is C28H20BKO8. The second kappa shape index (κ2) is 16.3. The molecular weight excluding hydrogens is 514 g/mol. The van der Waals surface area contributed by atoms with Crippen molar-refractivity contribution in [1.29, 1.82) is 0 Å².